The van der Waals surface area contributed by atoms with E-state index in [2.05, 4.69) is 0 Å². The number of rotatable bonds is 4. The van der Waals surface area contributed by atoms with Crippen molar-refractivity contribution >= 4 is 25.6 Å². The van der Waals surface area contributed by atoms with E-state index in [1.807, 2.05) is 13.8 Å². The monoisotopic (exact) mass is 303 g/mol. The van der Waals surface area contributed by atoms with E-state index in [1.165, 1.54) is 18.2 Å². The Morgan fingerprint density at radius 3 is 2.42 bits per heavy atom. The highest BCUT2D eigenvalue weighted by molar-refractivity contribution is 8.13. The quantitative estimate of drug-likeness (QED) is 0.804. The molecule has 6 heteroatoms. The number of benzene rings is 1. The van der Waals surface area contributed by atoms with Gasteiger partial charge in [0.1, 0.15) is 0 Å². The molecule has 106 valence electrons. The summed E-state index contributed by atoms with van der Waals surface area (Å²) in [6.45, 7) is 5.67. The zero-order valence-corrected chi connectivity index (χ0v) is 13.0. The van der Waals surface area contributed by atoms with Crippen LogP contribution in [0.15, 0.2) is 23.1 Å². The average molecular weight is 304 g/mol. The second-order valence-electron chi connectivity index (χ2n) is 4.59. The third kappa shape index (κ3) is 3.70. The van der Waals surface area contributed by atoms with E-state index in [0.717, 1.165) is 6.42 Å². The van der Waals surface area contributed by atoms with Crippen LogP contribution in [-0.4, -0.2) is 32.3 Å². The average Bonchev–Trinajstić information content (AvgIpc) is 2.34. The Hall–Kier alpha value is -1.07. The van der Waals surface area contributed by atoms with Gasteiger partial charge in [0.15, 0.2) is 0 Å². The minimum Gasteiger partial charge on any atom is -0.339 e. The Kier molecular flexibility index (Phi) is 4.98. The first-order chi connectivity index (χ1) is 8.68. The van der Waals surface area contributed by atoms with Crippen LogP contribution in [0, 0.1) is 6.92 Å². The molecule has 0 aromatic heterocycles. The number of carbonyl (C=O) groups is 1. The van der Waals surface area contributed by atoms with Crippen LogP contribution in [-0.2, 0) is 9.05 Å². The number of amides is 1. The van der Waals surface area contributed by atoms with Crippen molar-refractivity contribution in [1.82, 2.24) is 4.90 Å². The van der Waals surface area contributed by atoms with Gasteiger partial charge in [0.2, 0.25) is 0 Å². The van der Waals surface area contributed by atoms with Gasteiger partial charge in [-0.3, -0.25) is 4.79 Å². The van der Waals surface area contributed by atoms with Crippen LogP contribution in [0.5, 0.6) is 0 Å². The summed E-state index contributed by atoms with van der Waals surface area (Å²) in [5, 5.41) is 0. The molecule has 1 aromatic carbocycles. The number of hydrogen-bond donors (Lipinski definition) is 0. The zero-order valence-electron chi connectivity index (χ0n) is 11.5. The second kappa shape index (κ2) is 5.92. The SMILES string of the molecule is CCC(C)N(C)C(=O)c1ccc(S(=O)(=O)Cl)cc1C. The number of aryl methyl sites for hydroxylation is 1. The highest BCUT2D eigenvalue weighted by Gasteiger charge is 2.19. The van der Waals surface area contributed by atoms with Crippen LogP contribution in [0.4, 0.5) is 0 Å². The van der Waals surface area contributed by atoms with Gasteiger partial charge in [0.05, 0.1) is 4.90 Å². The Balaban J connectivity index is 3.14. The van der Waals surface area contributed by atoms with Gasteiger partial charge in [-0.1, -0.05) is 6.92 Å². The number of carbonyl (C=O) groups excluding carboxylic acids is 1. The fraction of sp³-hybridized carbons (Fsp3) is 0.462. The summed E-state index contributed by atoms with van der Waals surface area (Å²) >= 11 is 0. The molecule has 19 heavy (non-hydrogen) atoms. The van der Waals surface area contributed by atoms with Crippen molar-refractivity contribution in [2.75, 3.05) is 7.05 Å². The molecule has 1 aromatic rings. The fourth-order valence-electron chi connectivity index (χ4n) is 1.69. The van der Waals surface area contributed by atoms with Crippen LogP contribution in [0.3, 0.4) is 0 Å². The maximum atomic E-state index is 12.3. The van der Waals surface area contributed by atoms with Crippen molar-refractivity contribution in [3.8, 4) is 0 Å². The summed E-state index contributed by atoms with van der Waals surface area (Å²) in [5.41, 5.74) is 1.09. The van der Waals surface area contributed by atoms with Gasteiger partial charge in [-0.25, -0.2) is 8.42 Å². The number of nitrogens with zero attached hydrogens (tertiary/aromatic N) is 1. The van der Waals surface area contributed by atoms with Crippen molar-refractivity contribution < 1.29 is 13.2 Å². The molecule has 0 saturated carbocycles. The molecule has 0 N–H and O–H groups in total. The van der Waals surface area contributed by atoms with Crippen molar-refractivity contribution in [2.45, 2.75) is 38.1 Å². The first-order valence-corrected chi connectivity index (χ1v) is 8.31. The first kappa shape index (κ1) is 16.0. The molecule has 1 rings (SSSR count). The largest absolute Gasteiger partial charge is 0.339 e. The highest BCUT2D eigenvalue weighted by Crippen LogP contribution is 2.20. The van der Waals surface area contributed by atoms with E-state index in [0.29, 0.717) is 11.1 Å². The second-order valence-corrected chi connectivity index (χ2v) is 7.15. The van der Waals surface area contributed by atoms with E-state index < -0.39 is 9.05 Å². The third-order valence-corrected chi connectivity index (χ3v) is 4.63. The summed E-state index contributed by atoms with van der Waals surface area (Å²) in [4.78, 5) is 13.9. The molecule has 0 bridgehead atoms. The molecule has 0 aliphatic carbocycles. The van der Waals surface area contributed by atoms with Gasteiger partial charge < -0.3 is 4.90 Å². The molecular formula is C13H18ClNO3S. The van der Waals surface area contributed by atoms with Crippen molar-refractivity contribution in [3.05, 3.63) is 29.3 Å². The standard InChI is InChI=1S/C13H18ClNO3S/c1-5-10(3)15(4)13(16)12-7-6-11(8-9(12)2)19(14,17)18/h6-8,10H,5H2,1-4H3. The summed E-state index contributed by atoms with van der Waals surface area (Å²) in [7, 11) is 3.25. The van der Waals surface area contributed by atoms with E-state index in [1.54, 1.807) is 18.9 Å². The molecule has 0 heterocycles. The van der Waals surface area contributed by atoms with Crippen molar-refractivity contribution in [1.29, 1.82) is 0 Å². The zero-order chi connectivity index (χ0) is 14.8. The van der Waals surface area contributed by atoms with Crippen LogP contribution in [0.1, 0.15) is 36.2 Å². The maximum absolute atomic E-state index is 12.3. The molecule has 4 nitrogen and oxygen atoms in total. The Bertz CT molecular complexity index is 584. The Labute approximate surface area is 118 Å². The lowest BCUT2D eigenvalue weighted by Crippen LogP contribution is -2.35. The Morgan fingerprint density at radius 2 is 2.00 bits per heavy atom. The molecule has 0 spiro atoms. The first-order valence-electron chi connectivity index (χ1n) is 6.01. The van der Waals surface area contributed by atoms with Gasteiger partial charge in [-0.15, -0.1) is 0 Å². The van der Waals surface area contributed by atoms with Crippen LogP contribution < -0.4 is 0 Å². The number of hydrogen-bond acceptors (Lipinski definition) is 3. The Morgan fingerprint density at radius 1 is 1.42 bits per heavy atom. The third-order valence-electron chi connectivity index (χ3n) is 3.28. The van der Waals surface area contributed by atoms with Crippen LogP contribution in [0.2, 0.25) is 0 Å². The molecule has 1 unspecified atom stereocenters. The lowest BCUT2D eigenvalue weighted by Gasteiger charge is -2.24. The number of halogens is 1. The molecule has 1 atom stereocenters. The van der Waals surface area contributed by atoms with Gasteiger partial charge >= 0.3 is 0 Å². The molecule has 0 aliphatic rings. The van der Waals surface area contributed by atoms with E-state index in [-0.39, 0.29) is 16.8 Å². The van der Waals surface area contributed by atoms with Crippen LogP contribution >= 0.6 is 10.7 Å². The summed E-state index contributed by atoms with van der Waals surface area (Å²) in [6.07, 6.45) is 0.857. The minimum absolute atomic E-state index is 0.00871. The lowest BCUT2D eigenvalue weighted by molar-refractivity contribution is 0.0739. The van der Waals surface area contributed by atoms with Crippen molar-refractivity contribution in [3.63, 3.8) is 0 Å². The summed E-state index contributed by atoms with van der Waals surface area (Å²) in [5.74, 6) is -0.120. The van der Waals surface area contributed by atoms with Gasteiger partial charge in [-0.05, 0) is 44.0 Å². The minimum atomic E-state index is -3.76. The fourth-order valence-corrected chi connectivity index (χ4v) is 2.53. The van der Waals surface area contributed by atoms with Gasteiger partial charge in [-0.2, -0.15) is 0 Å². The molecule has 0 aliphatic heterocycles. The topological polar surface area (TPSA) is 54.5 Å². The summed E-state index contributed by atoms with van der Waals surface area (Å²) in [6, 6.07) is 4.40. The highest BCUT2D eigenvalue weighted by atomic mass is 35.7. The summed E-state index contributed by atoms with van der Waals surface area (Å²) < 4.78 is 22.4. The van der Waals surface area contributed by atoms with Gasteiger partial charge in [0, 0.05) is 29.3 Å². The smallest absolute Gasteiger partial charge is 0.261 e. The van der Waals surface area contributed by atoms with E-state index >= 15 is 0 Å². The van der Waals surface area contributed by atoms with Crippen molar-refractivity contribution in [2.24, 2.45) is 0 Å². The molecule has 0 saturated heterocycles. The predicted octanol–water partition coefficient (Wildman–Crippen LogP) is 2.79. The van der Waals surface area contributed by atoms with Crippen LogP contribution in [0.25, 0.3) is 0 Å². The maximum Gasteiger partial charge on any atom is 0.261 e. The molecular weight excluding hydrogens is 286 g/mol. The molecule has 0 fully saturated rings. The lowest BCUT2D eigenvalue weighted by atomic mass is 10.1. The molecule has 0 radical (unpaired) electrons. The predicted molar refractivity (Wildman–Crippen MR) is 76.1 cm³/mol. The van der Waals surface area contributed by atoms with E-state index in [4.69, 9.17) is 10.7 Å². The van der Waals surface area contributed by atoms with Gasteiger partial charge in [0.25, 0.3) is 15.0 Å². The van der Waals surface area contributed by atoms with E-state index in [9.17, 15) is 13.2 Å². The molecule has 1 amide bonds. The normalized spacial score (nSPS) is 13.1.